The molecule has 1 N–H and O–H groups in total. The van der Waals surface area contributed by atoms with Crippen molar-refractivity contribution in [3.63, 3.8) is 0 Å². The van der Waals surface area contributed by atoms with Crippen molar-refractivity contribution in [2.75, 3.05) is 6.61 Å². The normalized spacial score (nSPS) is 10.8. The monoisotopic (exact) mass is 241 g/mol. The summed E-state index contributed by atoms with van der Waals surface area (Å²) in [5.74, 6) is -1.06. The second kappa shape index (κ2) is 4.37. The van der Waals surface area contributed by atoms with E-state index in [0.29, 0.717) is 10.7 Å². The first kappa shape index (κ1) is 10.7. The zero-order valence-corrected chi connectivity index (χ0v) is 8.81. The number of fused-ring (bicyclic) bond motifs is 1. The summed E-state index contributed by atoms with van der Waals surface area (Å²) in [4.78, 5) is 26.2. The lowest BCUT2D eigenvalue weighted by Crippen LogP contribution is -2.16. The molecule has 0 aliphatic rings. The third kappa shape index (κ3) is 2.23. The van der Waals surface area contributed by atoms with Crippen LogP contribution in [0.2, 0.25) is 0 Å². The maximum Gasteiger partial charge on any atom is 0.329 e. The Kier molecular flexibility index (Phi) is 2.93. The maximum absolute atomic E-state index is 11.5. The number of rotatable bonds is 4. The zero-order valence-electron chi connectivity index (χ0n) is 7.99. The van der Waals surface area contributed by atoms with Gasteiger partial charge >= 0.3 is 5.97 Å². The lowest BCUT2D eigenvalue weighted by Gasteiger charge is -2.00. The molecule has 0 fully saturated rings. The predicted octanol–water partition coefficient (Wildman–Crippen LogP) is -0.248. The summed E-state index contributed by atoms with van der Waals surface area (Å²) in [6, 6.07) is 1.27. The van der Waals surface area contributed by atoms with Gasteiger partial charge in [-0.15, -0.1) is 0 Å². The van der Waals surface area contributed by atoms with Gasteiger partial charge in [0.1, 0.15) is 12.1 Å². The Labute approximate surface area is 92.9 Å². The summed E-state index contributed by atoms with van der Waals surface area (Å²) in [7, 11) is 0. The van der Waals surface area contributed by atoms with Crippen LogP contribution in [-0.4, -0.2) is 32.3 Å². The fraction of sp³-hybridized carbons (Fsp3) is 0.250. The van der Waals surface area contributed by atoms with Crippen LogP contribution in [-0.2, 0) is 16.1 Å². The summed E-state index contributed by atoms with van der Waals surface area (Å²) in [6.45, 7) is -0.417. The third-order valence-corrected chi connectivity index (χ3v) is 2.39. The summed E-state index contributed by atoms with van der Waals surface area (Å²) in [5, 5.41) is 12.2. The fourth-order valence-electron chi connectivity index (χ4n) is 1.12. The van der Waals surface area contributed by atoms with Crippen LogP contribution < -0.4 is 5.56 Å². The highest BCUT2D eigenvalue weighted by atomic mass is 32.1. The van der Waals surface area contributed by atoms with Crippen molar-refractivity contribution in [2.24, 2.45) is 0 Å². The first-order chi connectivity index (χ1) is 7.66. The van der Waals surface area contributed by atoms with Gasteiger partial charge in [-0.2, -0.15) is 9.61 Å². The topological polar surface area (TPSA) is 93.8 Å². The van der Waals surface area contributed by atoms with Crippen LogP contribution in [0, 0.1) is 0 Å². The van der Waals surface area contributed by atoms with E-state index in [9.17, 15) is 9.59 Å². The highest BCUT2D eigenvalue weighted by Gasteiger charge is 2.05. The van der Waals surface area contributed by atoms with Gasteiger partial charge in [0.25, 0.3) is 5.56 Å². The Morgan fingerprint density at radius 3 is 3.19 bits per heavy atom. The Morgan fingerprint density at radius 2 is 2.44 bits per heavy atom. The molecule has 0 bridgehead atoms. The average Bonchev–Trinajstić information content (AvgIpc) is 2.65. The second-order valence-corrected chi connectivity index (χ2v) is 3.72. The molecule has 0 spiro atoms. The van der Waals surface area contributed by atoms with Crippen LogP contribution in [0.5, 0.6) is 0 Å². The first-order valence-corrected chi connectivity index (χ1v) is 5.17. The molecule has 8 heteroatoms. The van der Waals surface area contributed by atoms with E-state index in [0.717, 1.165) is 0 Å². The number of carboxylic acids is 1. The van der Waals surface area contributed by atoms with Crippen molar-refractivity contribution in [1.29, 1.82) is 0 Å². The van der Waals surface area contributed by atoms with Gasteiger partial charge in [0.05, 0.1) is 12.3 Å². The number of hydrogen-bond donors (Lipinski definition) is 1. The van der Waals surface area contributed by atoms with Gasteiger partial charge in [0.15, 0.2) is 0 Å². The average molecular weight is 241 g/mol. The summed E-state index contributed by atoms with van der Waals surface area (Å²) >= 11 is 1.22. The van der Waals surface area contributed by atoms with Gasteiger partial charge in [0, 0.05) is 6.07 Å². The molecule has 2 aromatic rings. The standard InChI is InChI=1S/C8H7N3O4S/c12-6-1-5(2-15-3-7(13)14)10-8-11(6)9-4-16-8/h1,4H,2-3H2,(H,13,14). The van der Waals surface area contributed by atoms with Crippen molar-refractivity contribution in [3.8, 4) is 0 Å². The molecule has 7 nitrogen and oxygen atoms in total. The van der Waals surface area contributed by atoms with E-state index in [1.54, 1.807) is 0 Å². The smallest absolute Gasteiger partial charge is 0.329 e. The molecule has 2 heterocycles. The van der Waals surface area contributed by atoms with E-state index in [1.807, 2.05) is 0 Å². The number of carboxylic acid groups (broad SMARTS) is 1. The Hall–Kier alpha value is -1.80. The van der Waals surface area contributed by atoms with Crippen molar-refractivity contribution in [3.05, 3.63) is 27.6 Å². The molecule has 0 saturated heterocycles. The van der Waals surface area contributed by atoms with Gasteiger partial charge in [-0.25, -0.2) is 9.78 Å². The summed E-state index contributed by atoms with van der Waals surface area (Å²) in [5.41, 5.74) is 1.60. The van der Waals surface area contributed by atoms with Crippen LogP contribution in [0.15, 0.2) is 16.4 Å². The fourth-order valence-corrected chi connectivity index (χ4v) is 1.76. The van der Waals surface area contributed by atoms with Crippen LogP contribution in [0.25, 0.3) is 4.96 Å². The summed E-state index contributed by atoms with van der Waals surface area (Å²) < 4.78 is 6.01. The second-order valence-electron chi connectivity index (χ2n) is 2.91. The van der Waals surface area contributed by atoms with E-state index in [4.69, 9.17) is 9.84 Å². The van der Waals surface area contributed by atoms with E-state index in [-0.39, 0.29) is 12.2 Å². The molecule has 2 aromatic heterocycles. The minimum absolute atomic E-state index is 0.00403. The number of hydrogen-bond acceptors (Lipinski definition) is 6. The molecule has 0 radical (unpaired) electrons. The van der Waals surface area contributed by atoms with Crippen molar-refractivity contribution < 1.29 is 14.6 Å². The van der Waals surface area contributed by atoms with Crippen LogP contribution in [0.4, 0.5) is 0 Å². The molecular formula is C8H7N3O4S. The zero-order chi connectivity index (χ0) is 11.5. The largest absolute Gasteiger partial charge is 0.480 e. The van der Waals surface area contributed by atoms with Gasteiger partial charge in [0.2, 0.25) is 4.96 Å². The maximum atomic E-state index is 11.5. The molecule has 0 amide bonds. The number of ether oxygens (including phenoxy) is 1. The lowest BCUT2D eigenvalue weighted by atomic mass is 10.4. The van der Waals surface area contributed by atoms with Crippen LogP contribution in [0.3, 0.4) is 0 Å². The molecule has 0 aromatic carbocycles. The quantitative estimate of drug-likeness (QED) is 0.793. The van der Waals surface area contributed by atoms with Crippen molar-refractivity contribution >= 4 is 22.3 Å². The molecule has 84 valence electrons. The number of carbonyl (C=O) groups is 1. The SMILES string of the molecule is O=C(O)COCc1cc(=O)n2ncsc2n1. The highest BCUT2D eigenvalue weighted by molar-refractivity contribution is 7.14. The van der Waals surface area contributed by atoms with E-state index < -0.39 is 12.6 Å². The van der Waals surface area contributed by atoms with Gasteiger partial charge < -0.3 is 9.84 Å². The van der Waals surface area contributed by atoms with E-state index in [2.05, 4.69) is 10.1 Å². The Morgan fingerprint density at radius 1 is 1.62 bits per heavy atom. The van der Waals surface area contributed by atoms with Crippen molar-refractivity contribution in [2.45, 2.75) is 6.61 Å². The van der Waals surface area contributed by atoms with Gasteiger partial charge in [-0.05, 0) is 0 Å². The predicted molar refractivity (Wildman–Crippen MR) is 54.4 cm³/mol. The minimum Gasteiger partial charge on any atom is -0.480 e. The van der Waals surface area contributed by atoms with Gasteiger partial charge in [-0.1, -0.05) is 11.3 Å². The molecule has 0 saturated carbocycles. The molecule has 0 aliphatic heterocycles. The molecule has 0 atom stereocenters. The van der Waals surface area contributed by atoms with E-state index >= 15 is 0 Å². The number of nitrogens with zero attached hydrogens (tertiary/aromatic N) is 3. The van der Waals surface area contributed by atoms with E-state index in [1.165, 1.54) is 27.4 Å². The number of aliphatic carboxylic acids is 1. The molecule has 16 heavy (non-hydrogen) atoms. The molecular weight excluding hydrogens is 234 g/mol. The molecule has 0 aliphatic carbocycles. The Bertz CT molecular complexity index is 576. The highest BCUT2D eigenvalue weighted by Crippen LogP contribution is 2.04. The third-order valence-electron chi connectivity index (χ3n) is 1.72. The Balaban J connectivity index is 2.18. The molecule has 2 rings (SSSR count). The minimum atomic E-state index is -1.06. The van der Waals surface area contributed by atoms with Crippen molar-refractivity contribution in [1.82, 2.24) is 14.6 Å². The summed E-state index contributed by atoms with van der Waals surface area (Å²) in [6.07, 6.45) is 0. The first-order valence-electron chi connectivity index (χ1n) is 4.29. The van der Waals surface area contributed by atoms with Crippen LogP contribution >= 0.6 is 11.3 Å². The van der Waals surface area contributed by atoms with Crippen LogP contribution in [0.1, 0.15) is 5.69 Å². The van der Waals surface area contributed by atoms with Gasteiger partial charge in [-0.3, -0.25) is 4.79 Å². The number of aromatic nitrogens is 3. The lowest BCUT2D eigenvalue weighted by molar-refractivity contribution is -0.142. The molecule has 0 unspecified atom stereocenters.